The van der Waals surface area contributed by atoms with E-state index in [2.05, 4.69) is 0 Å². The van der Waals surface area contributed by atoms with Crippen molar-refractivity contribution in [2.75, 3.05) is 13.2 Å². The SMILES string of the molecule is CCC/C(SC(F)(F)P(=O)(OCC)OCC)=C(\Cl)c1ccc(C(F)(F)F)cc1. The van der Waals surface area contributed by atoms with Crippen molar-refractivity contribution in [2.24, 2.45) is 0 Å². The Kier molecular flexibility index (Phi) is 9.48. The summed E-state index contributed by atoms with van der Waals surface area (Å²) in [5.41, 5.74) is -0.739. The molecule has 3 nitrogen and oxygen atoms in total. The second-order valence-corrected chi connectivity index (χ2v) is 9.45. The lowest BCUT2D eigenvalue weighted by Crippen LogP contribution is -2.17. The third kappa shape index (κ3) is 6.46. The smallest absolute Gasteiger partial charge is 0.304 e. The maximum Gasteiger partial charge on any atom is 0.416 e. The van der Waals surface area contributed by atoms with Gasteiger partial charge in [-0.3, -0.25) is 4.57 Å². The number of benzene rings is 1. The van der Waals surface area contributed by atoms with Crippen LogP contribution in [0.5, 0.6) is 0 Å². The van der Waals surface area contributed by atoms with E-state index in [-0.39, 0.29) is 46.9 Å². The Balaban J connectivity index is 3.28. The fourth-order valence-electron chi connectivity index (χ4n) is 2.13. The van der Waals surface area contributed by atoms with E-state index in [1.54, 1.807) is 6.92 Å². The zero-order chi connectivity index (χ0) is 21.6. The highest BCUT2D eigenvalue weighted by molar-refractivity contribution is 8.09. The van der Waals surface area contributed by atoms with Gasteiger partial charge in [0.15, 0.2) is 0 Å². The van der Waals surface area contributed by atoms with Crippen LogP contribution in [0.15, 0.2) is 29.2 Å². The highest BCUT2D eigenvalue weighted by atomic mass is 35.5. The molecule has 1 aromatic carbocycles. The molecular formula is C17H21ClF5O3PS. The lowest BCUT2D eigenvalue weighted by molar-refractivity contribution is -0.137. The number of alkyl halides is 5. The van der Waals surface area contributed by atoms with Gasteiger partial charge in [-0.1, -0.05) is 37.1 Å². The van der Waals surface area contributed by atoms with E-state index in [9.17, 15) is 26.5 Å². The summed E-state index contributed by atoms with van der Waals surface area (Å²) in [5, 5.41) is -0.139. The first kappa shape index (κ1) is 25.4. The fourth-order valence-corrected chi connectivity index (χ4v) is 5.43. The number of hydrogen-bond donors (Lipinski definition) is 0. The first-order valence-electron chi connectivity index (χ1n) is 8.44. The van der Waals surface area contributed by atoms with Crippen LogP contribution in [0.4, 0.5) is 22.0 Å². The molecular weight excluding hydrogens is 446 g/mol. The summed E-state index contributed by atoms with van der Waals surface area (Å²) in [4.78, 5) is -3.94. The third-order valence-electron chi connectivity index (χ3n) is 3.35. The summed E-state index contributed by atoms with van der Waals surface area (Å²) in [5.74, 6) is 0. The van der Waals surface area contributed by atoms with Crippen LogP contribution in [0.25, 0.3) is 5.03 Å². The maximum atomic E-state index is 14.7. The second-order valence-electron chi connectivity index (χ2n) is 5.48. The third-order valence-corrected chi connectivity index (χ3v) is 7.59. The van der Waals surface area contributed by atoms with Gasteiger partial charge < -0.3 is 9.05 Å². The summed E-state index contributed by atoms with van der Waals surface area (Å²) in [6.07, 6.45) is -3.98. The minimum Gasteiger partial charge on any atom is -0.304 e. The van der Waals surface area contributed by atoms with Crippen molar-refractivity contribution in [1.82, 2.24) is 0 Å². The number of halogens is 6. The van der Waals surface area contributed by atoms with Crippen molar-refractivity contribution in [3.63, 3.8) is 0 Å². The first-order valence-corrected chi connectivity index (χ1v) is 11.2. The van der Waals surface area contributed by atoms with E-state index in [4.69, 9.17) is 20.6 Å². The summed E-state index contributed by atoms with van der Waals surface area (Å²) in [6, 6.07) is 3.83. The van der Waals surface area contributed by atoms with E-state index >= 15 is 0 Å². The van der Waals surface area contributed by atoms with E-state index in [0.29, 0.717) is 6.42 Å². The van der Waals surface area contributed by atoms with E-state index in [1.165, 1.54) is 13.8 Å². The zero-order valence-corrected chi connectivity index (χ0v) is 18.0. The van der Waals surface area contributed by atoms with Gasteiger partial charge in [0.05, 0.1) is 23.8 Å². The van der Waals surface area contributed by atoms with Gasteiger partial charge in [-0.2, -0.15) is 22.0 Å². The molecule has 11 heteroatoms. The topological polar surface area (TPSA) is 35.5 Å². The Morgan fingerprint density at radius 3 is 1.93 bits per heavy atom. The summed E-state index contributed by atoms with van der Waals surface area (Å²) < 4.78 is 89.5. The van der Waals surface area contributed by atoms with Gasteiger partial charge >= 0.3 is 18.8 Å². The van der Waals surface area contributed by atoms with Gasteiger partial charge in [-0.25, -0.2) is 0 Å². The molecule has 160 valence electrons. The van der Waals surface area contributed by atoms with Crippen molar-refractivity contribution in [3.05, 3.63) is 40.3 Å². The van der Waals surface area contributed by atoms with Crippen LogP contribution in [0.1, 0.15) is 44.7 Å². The van der Waals surface area contributed by atoms with Gasteiger partial charge in [-0.15, -0.1) is 0 Å². The molecule has 1 aromatic rings. The number of hydrogen-bond acceptors (Lipinski definition) is 4. The molecule has 0 spiro atoms. The number of rotatable bonds is 10. The van der Waals surface area contributed by atoms with Crippen molar-refractivity contribution < 1.29 is 35.6 Å². The van der Waals surface area contributed by atoms with Gasteiger partial charge in [-0.05, 0) is 49.7 Å². The molecule has 0 fully saturated rings. The predicted octanol–water partition coefficient (Wildman–Crippen LogP) is 7.96. The lowest BCUT2D eigenvalue weighted by Gasteiger charge is -2.26. The second kappa shape index (κ2) is 10.4. The average molecular weight is 467 g/mol. The molecule has 28 heavy (non-hydrogen) atoms. The van der Waals surface area contributed by atoms with Crippen LogP contribution in [0, 0.1) is 0 Å². The van der Waals surface area contributed by atoms with Gasteiger partial charge in [0.1, 0.15) is 0 Å². The minimum absolute atomic E-state index is 0.0199. The predicted molar refractivity (Wildman–Crippen MR) is 103 cm³/mol. The molecule has 0 saturated carbocycles. The van der Waals surface area contributed by atoms with Crippen molar-refractivity contribution in [2.45, 2.75) is 44.8 Å². The molecule has 0 aliphatic rings. The van der Waals surface area contributed by atoms with Gasteiger partial charge in [0.2, 0.25) is 0 Å². The molecule has 0 N–H and O–H groups in total. The Bertz CT molecular complexity index is 712. The molecule has 1 rings (SSSR count). The lowest BCUT2D eigenvalue weighted by atomic mass is 10.1. The van der Waals surface area contributed by atoms with Crippen molar-refractivity contribution in [1.29, 1.82) is 0 Å². The Morgan fingerprint density at radius 1 is 1.04 bits per heavy atom. The van der Waals surface area contributed by atoms with E-state index in [1.807, 2.05) is 0 Å². The van der Waals surface area contributed by atoms with Gasteiger partial charge in [0, 0.05) is 4.91 Å². The van der Waals surface area contributed by atoms with Crippen LogP contribution in [0.3, 0.4) is 0 Å². The molecule has 0 heterocycles. The van der Waals surface area contributed by atoms with E-state index in [0.717, 1.165) is 24.3 Å². The normalized spacial score (nSPS) is 14.2. The maximum absolute atomic E-state index is 14.7. The standard InChI is InChI=1S/C17H21ClF5O3PS/c1-4-7-14(28-17(22,23)27(24,25-5-2)26-6-3)15(18)12-8-10-13(11-9-12)16(19,20)21/h8-11H,4-7H2,1-3H3/b15-14+. The van der Waals surface area contributed by atoms with Crippen LogP contribution >= 0.6 is 31.0 Å². The van der Waals surface area contributed by atoms with Crippen LogP contribution in [-0.4, -0.2) is 18.2 Å². The van der Waals surface area contributed by atoms with Crippen LogP contribution in [0.2, 0.25) is 0 Å². The molecule has 0 aromatic heterocycles. The quantitative estimate of drug-likeness (QED) is 0.259. The van der Waals surface area contributed by atoms with Crippen molar-refractivity contribution >= 4 is 36.0 Å². The van der Waals surface area contributed by atoms with Crippen molar-refractivity contribution in [3.8, 4) is 0 Å². The Morgan fingerprint density at radius 2 is 1.54 bits per heavy atom. The zero-order valence-electron chi connectivity index (χ0n) is 15.5. The van der Waals surface area contributed by atoms with Gasteiger partial charge in [0.25, 0.3) is 0 Å². The largest absolute Gasteiger partial charge is 0.416 e. The highest BCUT2D eigenvalue weighted by Gasteiger charge is 2.55. The molecule has 0 amide bonds. The van der Waals surface area contributed by atoms with Crippen LogP contribution in [-0.2, 0) is 19.8 Å². The average Bonchev–Trinajstić information content (AvgIpc) is 2.60. The molecule has 0 aliphatic heterocycles. The monoisotopic (exact) mass is 466 g/mol. The Hall–Kier alpha value is -0.600. The number of thioether (sulfide) groups is 1. The molecule has 0 aliphatic carbocycles. The molecule has 0 atom stereocenters. The van der Waals surface area contributed by atoms with E-state index < -0.39 is 24.3 Å². The summed E-state index contributed by atoms with van der Waals surface area (Å²) >= 11 is 6.15. The Labute approximate surface area is 170 Å². The molecule has 0 radical (unpaired) electrons. The number of allylic oxidation sites excluding steroid dienone is 1. The minimum atomic E-state index is -4.77. The molecule has 0 bridgehead atoms. The molecule has 0 saturated heterocycles. The fraction of sp³-hybridized carbons (Fsp3) is 0.529. The summed E-state index contributed by atoms with van der Waals surface area (Å²) in [7, 11) is -4.77. The first-order chi connectivity index (χ1) is 12.9. The molecule has 0 unspecified atom stereocenters. The highest BCUT2D eigenvalue weighted by Crippen LogP contribution is 2.68. The summed E-state index contributed by atoms with van der Waals surface area (Å²) in [6.45, 7) is 4.05. The van der Waals surface area contributed by atoms with Crippen LogP contribution < -0.4 is 0 Å².